The van der Waals surface area contributed by atoms with Crippen molar-refractivity contribution in [3.8, 4) is 0 Å². The van der Waals surface area contributed by atoms with Gasteiger partial charge in [-0.3, -0.25) is 10.00 Å². The minimum absolute atomic E-state index is 0.497. The lowest BCUT2D eigenvalue weighted by Gasteiger charge is -2.30. The van der Waals surface area contributed by atoms with E-state index in [-0.39, 0.29) is 0 Å². The van der Waals surface area contributed by atoms with Gasteiger partial charge < -0.3 is 9.64 Å². The molecule has 0 atom stereocenters. The fourth-order valence-electron chi connectivity index (χ4n) is 3.38. The molecule has 4 rings (SSSR count). The van der Waals surface area contributed by atoms with Crippen molar-refractivity contribution < 1.29 is 4.74 Å². The van der Waals surface area contributed by atoms with E-state index in [2.05, 4.69) is 30.0 Å². The van der Waals surface area contributed by atoms with Crippen LogP contribution in [-0.4, -0.2) is 64.5 Å². The van der Waals surface area contributed by atoms with Crippen molar-refractivity contribution in [1.29, 1.82) is 0 Å². The molecular weight excluding hydrogens is 324 g/mol. The Hall–Kier alpha value is -1.51. The average molecular weight is 348 g/mol. The summed E-state index contributed by atoms with van der Waals surface area (Å²) in [4.78, 5) is 15.3. The van der Waals surface area contributed by atoms with E-state index in [0.29, 0.717) is 5.92 Å². The van der Waals surface area contributed by atoms with Crippen molar-refractivity contribution in [3.05, 3.63) is 22.7 Å². The summed E-state index contributed by atoms with van der Waals surface area (Å²) in [5.41, 5.74) is 0. The molecule has 8 heteroatoms. The third-order valence-corrected chi connectivity index (χ3v) is 5.81. The lowest BCUT2D eigenvalue weighted by Crippen LogP contribution is -2.36. The highest BCUT2D eigenvalue weighted by atomic mass is 32.1. The summed E-state index contributed by atoms with van der Waals surface area (Å²) in [7, 11) is 0. The fraction of sp³-hybridized carbons (Fsp3) is 0.688. The number of nitrogens with one attached hydrogen (secondary N) is 1. The number of piperidine rings is 1. The van der Waals surface area contributed by atoms with Gasteiger partial charge in [-0.1, -0.05) is 0 Å². The van der Waals surface area contributed by atoms with Crippen LogP contribution in [0.4, 0.5) is 5.13 Å². The number of rotatable bonds is 4. The maximum absolute atomic E-state index is 5.41. The minimum Gasteiger partial charge on any atom is -0.378 e. The zero-order valence-electron chi connectivity index (χ0n) is 14.1. The van der Waals surface area contributed by atoms with E-state index >= 15 is 0 Å². The topological polar surface area (TPSA) is 70.2 Å². The van der Waals surface area contributed by atoms with Crippen molar-refractivity contribution in [1.82, 2.24) is 25.1 Å². The van der Waals surface area contributed by atoms with Gasteiger partial charge in [0.2, 0.25) is 0 Å². The molecule has 24 heavy (non-hydrogen) atoms. The van der Waals surface area contributed by atoms with Crippen LogP contribution in [0.1, 0.15) is 35.3 Å². The number of aromatic nitrogens is 4. The number of aryl methyl sites for hydroxylation is 1. The molecule has 7 nitrogen and oxygen atoms in total. The van der Waals surface area contributed by atoms with Crippen molar-refractivity contribution in [2.24, 2.45) is 0 Å². The molecule has 2 aliphatic heterocycles. The van der Waals surface area contributed by atoms with Gasteiger partial charge in [0, 0.05) is 36.6 Å². The van der Waals surface area contributed by atoms with Crippen LogP contribution in [0.2, 0.25) is 0 Å². The summed E-state index contributed by atoms with van der Waals surface area (Å²) in [6.45, 7) is 8.68. The number of likely N-dealkylation sites (tertiary alicyclic amines) is 1. The lowest BCUT2D eigenvalue weighted by molar-refractivity contribution is 0.122. The number of nitrogens with zero attached hydrogens (tertiary/aromatic N) is 5. The first-order chi connectivity index (χ1) is 11.8. The number of ether oxygens (including phenoxy) is 1. The van der Waals surface area contributed by atoms with Crippen LogP contribution in [0, 0.1) is 6.92 Å². The molecule has 2 saturated heterocycles. The summed E-state index contributed by atoms with van der Waals surface area (Å²) >= 11 is 1.82. The molecule has 0 radical (unpaired) electrons. The zero-order chi connectivity index (χ0) is 16.4. The summed E-state index contributed by atoms with van der Waals surface area (Å²) in [6.07, 6.45) is 4.30. The van der Waals surface area contributed by atoms with E-state index in [1.807, 2.05) is 24.5 Å². The Balaban J connectivity index is 1.30. The summed E-state index contributed by atoms with van der Waals surface area (Å²) in [5.74, 6) is 2.39. The normalized spacial score (nSPS) is 20.6. The highest BCUT2D eigenvalue weighted by molar-refractivity contribution is 7.15. The van der Waals surface area contributed by atoms with Crippen LogP contribution in [0.15, 0.2) is 6.20 Å². The molecule has 0 amide bonds. The van der Waals surface area contributed by atoms with Crippen LogP contribution >= 0.6 is 11.3 Å². The fourth-order valence-corrected chi connectivity index (χ4v) is 4.39. The summed E-state index contributed by atoms with van der Waals surface area (Å²) < 4.78 is 5.41. The molecule has 2 aromatic heterocycles. The van der Waals surface area contributed by atoms with Gasteiger partial charge in [0.05, 0.1) is 13.2 Å². The Labute approximate surface area is 146 Å². The Morgan fingerprint density at radius 3 is 2.75 bits per heavy atom. The number of H-pyrrole nitrogens is 1. The van der Waals surface area contributed by atoms with E-state index < -0.39 is 0 Å². The predicted molar refractivity (Wildman–Crippen MR) is 93.5 cm³/mol. The van der Waals surface area contributed by atoms with Crippen molar-refractivity contribution >= 4 is 16.5 Å². The van der Waals surface area contributed by atoms with Crippen molar-refractivity contribution in [2.45, 2.75) is 32.2 Å². The first kappa shape index (κ1) is 16.0. The number of thiazole rings is 1. The van der Waals surface area contributed by atoms with E-state index in [9.17, 15) is 0 Å². The van der Waals surface area contributed by atoms with Crippen LogP contribution < -0.4 is 4.90 Å². The number of hydrogen-bond acceptors (Lipinski definition) is 7. The SMILES string of the molecule is Cc1nc(C2CCN(Cc3cnc(N4CCOCC4)s3)CC2)n[nH]1. The van der Waals surface area contributed by atoms with Gasteiger partial charge >= 0.3 is 0 Å². The third kappa shape index (κ3) is 3.60. The highest BCUT2D eigenvalue weighted by Crippen LogP contribution is 2.29. The monoisotopic (exact) mass is 348 g/mol. The van der Waals surface area contributed by atoms with Gasteiger partial charge in [0.1, 0.15) is 5.82 Å². The van der Waals surface area contributed by atoms with E-state index in [1.54, 1.807) is 0 Å². The molecule has 4 heterocycles. The summed E-state index contributed by atoms with van der Waals surface area (Å²) in [5, 5.41) is 8.42. The minimum atomic E-state index is 0.497. The molecule has 2 aliphatic rings. The lowest BCUT2D eigenvalue weighted by atomic mass is 9.96. The summed E-state index contributed by atoms with van der Waals surface area (Å²) in [6, 6.07) is 0. The second kappa shape index (κ2) is 7.16. The first-order valence-corrected chi connectivity index (χ1v) is 9.48. The van der Waals surface area contributed by atoms with E-state index in [1.165, 1.54) is 4.88 Å². The standard InChI is InChI=1S/C16H24N6OS/c1-12-18-15(20-19-12)13-2-4-21(5-3-13)11-14-10-17-16(24-14)22-6-8-23-9-7-22/h10,13H,2-9,11H2,1H3,(H,18,19,20). The molecular formula is C16H24N6OS. The molecule has 0 spiro atoms. The van der Waals surface area contributed by atoms with E-state index in [4.69, 9.17) is 4.74 Å². The smallest absolute Gasteiger partial charge is 0.185 e. The van der Waals surface area contributed by atoms with Gasteiger partial charge in [0.25, 0.3) is 0 Å². The average Bonchev–Trinajstić information content (AvgIpc) is 3.26. The molecule has 130 valence electrons. The van der Waals surface area contributed by atoms with Crippen LogP contribution in [0.5, 0.6) is 0 Å². The maximum Gasteiger partial charge on any atom is 0.185 e. The zero-order valence-corrected chi connectivity index (χ0v) is 14.9. The van der Waals surface area contributed by atoms with Gasteiger partial charge in [-0.2, -0.15) is 5.10 Å². The van der Waals surface area contributed by atoms with Gasteiger partial charge in [-0.15, -0.1) is 11.3 Å². The highest BCUT2D eigenvalue weighted by Gasteiger charge is 2.24. The quantitative estimate of drug-likeness (QED) is 0.908. The second-order valence-corrected chi connectivity index (χ2v) is 7.63. The Bertz CT molecular complexity index is 657. The number of morpholine rings is 1. The predicted octanol–water partition coefficient (Wildman–Crippen LogP) is 1.79. The van der Waals surface area contributed by atoms with Crippen molar-refractivity contribution in [2.75, 3.05) is 44.3 Å². The number of hydrogen-bond donors (Lipinski definition) is 1. The Morgan fingerprint density at radius 2 is 2.04 bits per heavy atom. The number of anilines is 1. The second-order valence-electron chi connectivity index (χ2n) is 6.54. The molecule has 1 N–H and O–H groups in total. The molecule has 0 saturated carbocycles. The first-order valence-electron chi connectivity index (χ1n) is 8.66. The largest absolute Gasteiger partial charge is 0.378 e. The van der Waals surface area contributed by atoms with Crippen LogP contribution in [0.3, 0.4) is 0 Å². The van der Waals surface area contributed by atoms with Gasteiger partial charge in [-0.25, -0.2) is 9.97 Å². The van der Waals surface area contributed by atoms with E-state index in [0.717, 1.165) is 75.6 Å². The molecule has 0 aromatic carbocycles. The molecule has 2 fully saturated rings. The van der Waals surface area contributed by atoms with Crippen molar-refractivity contribution in [3.63, 3.8) is 0 Å². The Kier molecular flexibility index (Phi) is 4.77. The molecule has 2 aromatic rings. The number of aromatic amines is 1. The third-order valence-electron chi connectivity index (χ3n) is 4.77. The molecule has 0 unspecified atom stereocenters. The Morgan fingerprint density at radius 1 is 1.25 bits per heavy atom. The molecule has 0 aliphatic carbocycles. The maximum atomic E-state index is 5.41. The van der Waals surface area contributed by atoms with Crippen LogP contribution in [0.25, 0.3) is 0 Å². The molecule has 0 bridgehead atoms. The van der Waals surface area contributed by atoms with Gasteiger partial charge in [0.15, 0.2) is 11.0 Å². The van der Waals surface area contributed by atoms with Crippen LogP contribution in [-0.2, 0) is 11.3 Å². The van der Waals surface area contributed by atoms with Gasteiger partial charge in [-0.05, 0) is 32.9 Å².